The number of carbonyl (C=O) groups is 1. The molecule has 0 aliphatic rings. The summed E-state index contributed by atoms with van der Waals surface area (Å²) in [5, 5.41) is 2.59. The molecule has 2 rings (SSSR count). The Kier molecular flexibility index (Phi) is 4.63. The summed E-state index contributed by atoms with van der Waals surface area (Å²) in [6, 6.07) is 12.2. The molecule has 1 amide bonds. The minimum absolute atomic E-state index is 0.126. The average molecular weight is 318 g/mol. The highest BCUT2D eigenvalue weighted by Crippen LogP contribution is 2.24. The van der Waals surface area contributed by atoms with Gasteiger partial charge in [-0.1, -0.05) is 18.2 Å². The number of aryl methyl sites for hydroxylation is 1. The molecular formula is C16H18N2O3S. The molecule has 5 nitrogen and oxygen atoms in total. The van der Waals surface area contributed by atoms with Crippen LogP contribution in [0.15, 0.2) is 58.3 Å². The fourth-order valence-corrected chi connectivity index (χ4v) is 3.33. The first-order valence-corrected chi connectivity index (χ1v) is 8.27. The van der Waals surface area contributed by atoms with Crippen molar-refractivity contribution in [3.05, 3.63) is 54.1 Å². The topological polar surface area (TPSA) is 89.3 Å². The van der Waals surface area contributed by atoms with Gasteiger partial charge in [-0.2, -0.15) is 0 Å². The van der Waals surface area contributed by atoms with Gasteiger partial charge in [0.1, 0.15) is 0 Å². The van der Waals surface area contributed by atoms with Gasteiger partial charge in [-0.05, 0) is 49.7 Å². The van der Waals surface area contributed by atoms with Gasteiger partial charge >= 0.3 is 0 Å². The van der Waals surface area contributed by atoms with Crippen LogP contribution < -0.4 is 11.1 Å². The maximum Gasteiger partial charge on any atom is 0.240 e. The van der Waals surface area contributed by atoms with Gasteiger partial charge in [-0.3, -0.25) is 4.79 Å². The Labute approximate surface area is 130 Å². The van der Waals surface area contributed by atoms with E-state index in [0.29, 0.717) is 5.69 Å². The molecule has 0 aliphatic heterocycles. The SMILES string of the molecule is Cc1cccc(S(=O)(=O)c2cccc(NC(=O)C(C)N)c2)c1. The summed E-state index contributed by atoms with van der Waals surface area (Å²) in [5.74, 6) is -0.370. The van der Waals surface area contributed by atoms with Crippen molar-refractivity contribution in [3.8, 4) is 0 Å². The Hall–Kier alpha value is -2.18. The normalized spacial score (nSPS) is 12.7. The van der Waals surface area contributed by atoms with E-state index in [9.17, 15) is 13.2 Å². The van der Waals surface area contributed by atoms with Gasteiger partial charge in [-0.25, -0.2) is 8.42 Å². The van der Waals surface area contributed by atoms with Crippen LogP contribution in [0.25, 0.3) is 0 Å². The summed E-state index contributed by atoms with van der Waals surface area (Å²) in [7, 11) is -3.62. The minimum atomic E-state index is -3.62. The number of rotatable bonds is 4. The van der Waals surface area contributed by atoms with Gasteiger partial charge in [0, 0.05) is 5.69 Å². The molecule has 2 aromatic rings. The van der Waals surface area contributed by atoms with Crippen molar-refractivity contribution in [3.63, 3.8) is 0 Å². The number of nitrogens with two attached hydrogens (primary N) is 1. The summed E-state index contributed by atoms with van der Waals surface area (Å²) in [6.45, 7) is 3.39. The van der Waals surface area contributed by atoms with Gasteiger partial charge < -0.3 is 11.1 Å². The van der Waals surface area contributed by atoms with E-state index >= 15 is 0 Å². The van der Waals surface area contributed by atoms with Crippen molar-refractivity contribution in [2.45, 2.75) is 29.7 Å². The number of benzene rings is 2. The molecule has 0 radical (unpaired) electrons. The molecule has 6 heteroatoms. The molecule has 0 aromatic heterocycles. The van der Waals surface area contributed by atoms with E-state index in [2.05, 4.69) is 5.32 Å². The van der Waals surface area contributed by atoms with Crippen molar-refractivity contribution in [2.75, 3.05) is 5.32 Å². The Balaban J connectivity index is 2.38. The molecule has 3 N–H and O–H groups in total. The summed E-state index contributed by atoms with van der Waals surface area (Å²) >= 11 is 0. The Morgan fingerprint density at radius 1 is 1.09 bits per heavy atom. The zero-order valence-corrected chi connectivity index (χ0v) is 13.2. The van der Waals surface area contributed by atoms with Gasteiger partial charge in [0.25, 0.3) is 0 Å². The van der Waals surface area contributed by atoms with E-state index in [1.54, 1.807) is 37.3 Å². The first-order chi connectivity index (χ1) is 10.3. The second kappa shape index (κ2) is 6.29. The lowest BCUT2D eigenvalue weighted by atomic mass is 10.2. The van der Waals surface area contributed by atoms with Crippen LogP contribution in [0.3, 0.4) is 0 Å². The lowest BCUT2D eigenvalue weighted by molar-refractivity contribution is -0.117. The molecule has 0 spiro atoms. The number of hydrogen-bond donors (Lipinski definition) is 2. The molecule has 1 atom stereocenters. The summed E-state index contributed by atoms with van der Waals surface area (Å²) in [6.07, 6.45) is 0. The van der Waals surface area contributed by atoms with Crippen LogP contribution >= 0.6 is 0 Å². The Morgan fingerprint density at radius 3 is 2.27 bits per heavy atom. The number of hydrogen-bond acceptors (Lipinski definition) is 4. The van der Waals surface area contributed by atoms with Crippen LogP contribution in [0.5, 0.6) is 0 Å². The Morgan fingerprint density at radius 2 is 1.68 bits per heavy atom. The second-order valence-electron chi connectivity index (χ2n) is 5.13. The van der Waals surface area contributed by atoms with Crippen LogP contribution in [0.2, 0.25) is 0 Å². The molecule has 0 heterocycles. The molecule has 22 heavy (non-hydrogen) atoms. The standard InChI is InChI=1S/C16H18N2O3S/c1-11-5-3-7-14(9-11)22(20,21)15-8-4-6-13(10-15)18-16(19)12(2)17/h3-10,12H,17H2,1-2H3,(H,18,19). The van der Waals surface area contributed by atoms with E-state index in [0.717, 1.165) is 5.56 Å². The number of sulfone groups is 1. The van der Waals surface area contributed by atoms with Gasteiger partial charge in [0.05, 0.1) is 15.8 Å². The Bertz CT molecular complexity index is 799. The summed E-state index contributed by atoms with van der Waals surface area (Å²) < 4.78 is 25.2. The first kappa shape index (κ1) is 16.2. The van der Waals surface area contributed by atoms with Crippen LogP contribution in [0, 0.1) is 6.92 Å². The number of amides is 1. The highest BCUT2D eigenvalue weighted by atomic mass is 32.2. The maximum absolute atomic E-state index is 12.6. The molecule has 0 saturated carbocycles. The predicted molar refractivity (Wildman–Crippen MR) is 85.4 cm³/mol. The van der Waals surface area contributed by atoms with E-state index in [1.807, 2.05) is 13.0 Å². The molecule has 0 fully saturated rings. The van der Waals surface area contributed by atoms with Gasteiger partial charge in [-0.15, -0.1) is 0 Å². The second-order valence-corrected chi connectivity index (χ2v) is 7.08. The summed E-state index contributed by atoms with van der Waals surface area (Å²) in [4.78, 5) is 12.0. The lowest BCUT2D eigenvalue weighted by Gasteiger charge is -2.10. The van der Waals surface area contributed by atoms with Crippen LogP contribution in [-0.4, -0.2) is 20.4 Å². The van der Waals surface area contributed by atoms with Crippen LogP contribution in [0.1, 0.15) is 12.5 Å². The fraction of sp³-hybridized carbons (Fsp3) is 0.188. The monoisotopic (exact) mass is 318 g/mol. The van der Waals surface area contributed by atoms with E-state index < -0.39 is 15.9 Å². The highest BCUT2D eigenvalue weighted by molar-refractivity contribution is 7.91. The number of anilines is 1. The molecule has 0 saturated heterocycles. The highest BCUT2D eigenvalue weighted by Gasteiger charge is 2.18. The first-order valence-electron chi connectivity index (χ1n) is 6.79. The van der Waals surface area contributed by atoms with Crippen molar-refractivity contribution in [1.29, 1.82) is 0 Å². The number of carbonyl (C=O) groups excluding carboxylic acids is 1. The summed E-state index contributed by atoms with van der Waals surface area (Å²) in [5.41, 5.74) is 6.75. The van der Waals surface area contributed by atoms with Gasteiger partial charge in [0.15, 0.2) is 0 Å². The van der Waals surface area contributed by atoms with Crippen molar-refractivity contribution in [1.82, 2.24) is 0 Å². The molecule has 0 aliphatic carbocycles. The lowest BCUT2D eigenvalue weighted by Crippen LogP contribution is -2.32. The predicted octanol–water partition coefficient (Wildman–Crippen LogP) is 2.11. The quantitative estimate of drug-likeness (QED) is 0.903. The van der Waals surface area contributed by atoms with E-state index in [-0.39, 0.29) is 15.7 Å². The third-order valence-corrected chi connectivity index (χ3v) is 4.87. The smallest absolute Gasteiger partial charge is 0.240 e. The maximum atomic E-state index is 12.6. The molecule has 0 bridgehead atoms. The van der Waals surface area contributed by atoms with Crippen LogP contribution in [0.4, 0.5) is 5.69 Å². The third-order valence-electron chi connectivity index (χ3n) is 3.13. The molecular weight excluding hydrogens is 300 g/mol. The van der Waals surface area contributed by atoms with Crippen LogP contribution in [-0.2, 0) is 14.6 Å². The zero-order valence-electron chi connectivity index (χ0n) is 12.4. The average Bonchev–Trinajstić information content (AvgIpc) is 2.47. The van der Waals surface area contributed by atoms with Crippen molar-refractivity contribution >= 4 is 21.4 Å². The molecule has 116 valence electrons. The third kappa shape index (κ3) is 3.52. The largest absolute Gasteiger partial charge is 0.325 e. The van der Waals surface area contributed by atoms with E-state index in [4.69, 9.17) is 5.73 Å². The zero-order chi connectivity index (χ0) is 16.3. The fourth-order valence-electron chi connectivity index (χ4n) is 1.92. The van der Waals surface area contributed by atoms with Crippen molar-refractivity contribution < 1.29 is 13.2 Å². The minimum Gasteiger partial charge on any atom is -0.325 e. The molecule has 2 aromatic carbocycles. The van der Waals surface area contributed by atoms with E-state index in [1.165, 1.54) is 12.1 Å². The van der Waals surface area contributed by atoms with Crippen molar-refractivity contribution in [2.24, 2.45) is 5.73 Å². The van der Waals surface area contributed by atoms with Gasteiger partial charge in [0.2, 0.25) is 15.7 Å². The number of nitrogens with one attached hydrogen (secondary N) is 1. The molecule has 1 unspecified atom stereocenters.